The number of amides is 1. The van der Waals surface area contributed by atoms with Gasteiger partial charge in [-0.05, 0) is 32.8 Å². The molecule has 23 heavy (non-hydrogen) atoms. The van der Waals surface area contributed by atoms with Gasteiger partial charge in [0.05, 0.1) is 16.6 Å². The number of nitrogens with zero attached hydrogens (tertiary/aromatic N) is 4. The number of pyridine rings is 1. The van der Waals surface area contributed by atoms with Crippen LogP contribution in [0.5, 0.6) is 0 Å². The topological polar surface area (TPSA) is 85.8 Å². The highest BCUT2D eigenvalue weighted by molar-refractivity contribution is 6.12. The summed E-state index contributed by atoms with van der Waals surface area (Å²) < 4.78 is 6.72. The van der Waals surface area contributed by atoms with Gasteiger partial charge in [0.15, 0.2) is 11.5 Å². The molecule has 1 aliphatic rings. The first-order valence-corrected chi connectivity index (χ1v) is 7.62. The van der Waals surface area contributed by atoms with Crippen LogP contribution in [-0.4, -0.2) is 25.8 Å². The van der Waals surface area contributed by atoms with Crippen molar-refractivity contribution in [1.82, 2.24) is 19.9 Å². The predicted octanol–water partition coefficient (Wildman–Crippen LogP) is 2.70. The first-order chi connectivity index (χ1) is 11.0. The number of aryl methyl sites for hydroxylation is 3. The smallest absolute Gasteiger partial charge is 0.257 e. The van der Waals surface area contributed by atoms with E-state index in [-0.39, 0.29) is 5.91 Å². The molecule has 3 heterocycles. The van der Waals surface area contributed by atoms with Crippen LogP contribution in [-0.2, 0) is 7.05 Å². The van der Waals surface area contributed by atoms with Crippen LogP contribution in [0.4, 0.5) is 5.82 Å². The van der Waals surface area contributed by atoms with Crippen molar-refractivity contribution in [3.05, 3.63) is 34.8 Å². The zero-order valence-corrected chi connectivity index (χ0v) is 13.3. The Morgan fingerprint density at radius 1 is 1.35 bits per heavy atom. The second kappa shape index (κ2) is 4.91. The van der Waals surface area contributed by atoms with E-state index in [0.29, 0.717) is 23.1 Å². The molecule has 1 saturated carbocycles. The van der Waals surface area contributed by atoms with Gasteiger partial charge in [-0.25, -0.2) is 4.98 Å². The maximum absolute atomic E-state index is 12.7. The SMILES string of the molecule is Cc1cc(NC(=O)c2cc(C3CC3)nc3c2c(C)nn3C)no1. The Labute approximate surface area is 132 Å². The average molecular weight is 311 g/mol. The summed E-state index contributed by atoms with van der Waals surface area (Å²) in [7, 11) is 1.85. The fourth-order valence-corrected chi connectivity index (χ4v) is 2.84. The van der Waals surface area contributed by atoms with Gasteiger partial charge in [0, 0.05) is 24.7 Å². The molecular formula is C16H17N5O2. The predicted molar refractivity (Wildman–Crippen MR) is 84.4 cm³/mol. The standard InChI is InChI=1S/C16H17N5O2/c1-8-6-13(20-23-8)18-16(22)11-7-12(10-4-5-10)17-15-14(11)9(2)19-21(15)3/h6-7,10H,4-5H2,1-3H3,(H,18,20,22). The lowest BCUT2D eigenvalue weighted by molar-refractivity contribution is 0.102. The molecule has 0 aliphatic heterocycles. The highest BCUT2D eigenvalue weighted by Crippen LogP contribution is 2.40. The van der Waals surface area contributed by atoms with Gasteiger partial charge in [0.25, 0.3) is 5.91 Å². The summed E-state index contributed by atoms with van der Waals surface area (Å²) in [5, 5.41) is 11.8. The first kappa shape index (κ1) is 13.9. The second-order valence-electron chi connectivity index (χ2n) is 6.05. The van der Waals surface area contributed by atoms with E-state index in [1.54, 1.807) is 17.7 Å². The van der Waals surface area contributed by atoms with E-state index in [0.717, 1.165) is 35.3 Å². The van der Waals surface area contributed by atoms with Crippen molar-refractivity contribution in [2.75, 3.05) is 5.32 Å². The van der Waals surface area contributed by atoms with Gasteiger partial charge in [-0.2, -0.15) is 5.10 Å². The number of rotatable bonds is 3. The van der Waals surface area contributed by atoms with Crippen molar-refractivity contribution in [3.8, 4) is 0 Å². The van der Waals surface area contributed by atoms with Crippen molar-refractivity contribution in [2.45, 2.75) is 32.6 Å². The Bertz CT molecular complexity index is 920. The molecular weight excluding hydrogens is 294 g/mol. The third-order valence-electron chi connectivity index (χ3n) is 4.10. The summed E-state index contributed by atoms with van der Waals surface area (Å²) in [4.78, 5) is 17.4. The Balaban J connectivity index is 1.82. The number of hydrogen-bond donors (Lipinski definition) is 1. The van der Waals surface area contributed by atoms with Gasteiger partial charge in [0.2, 0.25) is 0 Å². The number of nitrogens with one attached hydrogen (secondary N) is 1. The summed E-state index contributed by atoms with van der Waals surface area (Å²) in [5.74, 6) is 1.29. The lowest BCUT2D eigenvalue weighted by Gasteiger charge is -2.07. The molecule has 118 valence electrons. The summed E-state index contributed by atoms with van der Waals surface area (Å²) >= 11 is 0. The number of hydrogen-bond acceptors (Lipinski definition) is 5. The van der Waals surface area contributed by atoms with Crippen molar-refractivity contribution >= 4 is 22.8 Å². The Hall–Kier alpha value is -2.70. The molecule has 3 aromatic heterocycles. The minimum atomic E-state index is -0.219. The maximum atomic E-state index is 12.7. The van der Waals surface area contributed by atoms with Crippen molar-refractivity contribution in [1.29, 1.82) is 0 Å². The molecule has 0 aromatic carbocycles. The molecule has 1 aliphatic carbocycles. The van der Waals surface area contributed by atoms with E-state index in [4.69, 9.17) is 9.51 Å². The number of fused-ring (bicyclic) bond motifs is 1. The molecule has 0 spiro atoms. The summed E-state index contributed by atoms with van der Waals surface area (Å²) in [6.45, 7) is 3.67. The van der Waals surface area contributed by atoms with Gasteiger partial charge in [0.1, 0.15) is 5.76 Å². The first-order valence-electron chi connectivity index (χ1n) is 7.62. The van der Waals surface area contributed by atoms with E-state index in [1.807, 2.05) is 20.0 Å². The average Bonchev–Trinajstić information content (AvgIpc) is 3.23. The van der Waals surface area contributed by atoms with Crippen LogP contribution >= 0.6 is 0 Å². The quantitative estimate of drug-likeness (QED) is 0.803. The molecule has 0 atom stereocenters. The lowest BCUT2D eigenvalue weighted by atomic mass is 10.1. The largest absolute Gasteiger partial charge is 0.360 e. The highest BCUT2D eigenvalue weighted by Gasteiger charge is 2.28. The Kier molecular flexibility index (Phi) is 2.97. The monoisotopic (exact) mass is 311 g/mol. The minimum Gasteiger partial charge on any atom is -0.360 e. The Morgan fingerprint density at radius 2 is 2.13 bits per heavy atom. The number of anilines is 1. The molecule has 1 amide bonds. The van der Waals surface area contributed by atoms with Gasteiger partial charge in [-0.15, -0.1) is 0 Å². The van der Waals surface area contributed by atoms with Gasteiger partial charge < -0.3 is 9.84 Å². The summed E-state index contributed by atoms with van der Waals surface area (Å²) in [6.07, 6.45) is 2.25. The van der Waals surface area contributed by atoms with Crippen molar-refractivity contribution < 1.29 is 9.32 Å². The van der Waals surface area contributed by atoms with Crippen molar-refractivity contribution in [3.63, 3.8) is 0 Å². The molecule has 7 nitrogen and oxygen atoms in total. The van der Waals surface area contributed by atoms with Crippen LogP contribution in [0.3, 0.4) is 0 Å². The van der Waals surface area contributed by atoms with Crippen LogP contribution in [0.25, 0.3) is 11.0 Å². The molecule has 3 aromatic rings. The van der Waals surface area contributed by atoms with Crippen LogP contribution in [0.1, 0.15) is 46.3 Å². The normalized spacial score (nSPS) is 14.4. The van der Waals surface area contributed by atoms with Crippen molar-refractivity contribution in [2.24, 2.45) is 7.05 Å². The molecule has 0 radical (unpaired) electrons. The van der Waals surface area contributed by atoms with E-state index >= 15 is 0 Å². The number of carbonyl (C=O) groups excluding carboxylic acids is 1. The molecule has 7 heteroatoms. The molecule has 1 fully saturated rings. The zero-order valence-electron chi connectivity index (χ0n) is 13.3. The van der Waals surface area contributed by atoms with Gasteiger partial charge in [-0.1, -0.05) is 5.16 Å². The van der Waals surface area contributed by atoms with E-state index in [2.05, 4.69) is 15.6 Å². The molecule has 1 N–H and O–H groups in total. The summed E-state index contributed by atoms with van der Waals surface area (Å²) in [5.41, 5.74) is 3.08. The Morgan fingerprint density at radius 3 is 2.78 bits per heavy atom. The van der Waals surface area contributed by atoms with E-state index in [1.165, 1.54) is 0 Å². The lowest BCUT2D eigenvalue weighted by Crippen LogP contribution is -2.14. The molecule has 0 unspecified atom stereocenters. The third-order valence-corrected chi connectivity index (χ3v) is 4.10. The van der Waals surface area contributed by atoms with Crippen LogP contribution < -0.4 is 5.32 Å². The minimum absolute atomic E-state index is 0.219. The third kappa shape index (κ3) is 2.38. The molecule has 4 rings (SSSR count). The van der Waals surface area contributed by atoms with Crippen LogP contribution in [0.2, 0.25) is 0 Å². The van der Waals surface area contributed by atoms with Gasteiger partial charge in [-0.3, -0.25) is 9.48 Å². The number of aromatic nitrogens is 4. The fraction of sp³-hybridized carbons (Fsp3) is 0.375. The molecule has 0 bridgehead atoms. The molecule has 0 saturated heterocycles. The number of carbonyl (C=O) groups is 1. The fourth-order valence-electron chi connectivity index (χ4n) is 2.84. The van der Waals surface area contributed by atoms with Crippen LogP contribution in [0, 0.1) is 13.8 Å². The zero-order chi connectivity index (χ0) is 16.1. The summed E-state index contributed by atoms with van der Waals surface area (Å²) in [6, 6.07) is 3.57. The van der Waals surface area contributed by atoms with E-state index < -0.39 is 0 Å². The maximum Gasteiger partial charge on any atom is 0.257 e. The van der Waals surface area contributed by atoms with Gasteiger partial charge >= 0.3 is 0 Å². The van der Waals surface area contributed by atoms with Crippen LogP contribution in [0.15, 0.2) is 16.7 Å². The second-order valence-corrected chi connectivity index (χ2v) is 6.05. The highest BCUT2D eigenvalue weighted by atomic mass is 16.5. The van der Waals surface area contributed by atoms with E-state index in [9.17, 15) is 4.79 Å².